The molecule has 1 amide bonds. The second kappa shape index (κ2) is 6.84. The highest BCUT2D eigenvalue weighted by Crippen LogP contribution is 2.44. The van der Waals surface area contributed by atoms with Gasteiger partial charge in [0.25, 0.3) is 0 Å². The minimum absolute atomic E-state index is 0.0433. The Kier molecular flexibility index (Phi) is 5.82. The maximum absolute atomic E-state index is 12.9. The van der Waals surface area contributed by atoms with Crippen LogP contribution in [0, 0.1) is 16.7 Å². The average molecular weight is 305 g/mol. The van der Waals surface area contributed by atoms with Crippen LogP contribution in [-0.4, -0.2) is 23.1 Å². The third-order valence-corrected chi connectivity index (χ3v) is 4.42. The predicted octanol–water partition coefficient (Wildman–Crippen LogP) is 2.40. The van der Waals surface area contributed by atoms with Crippen molar-refractivity contribution in [3.8, 4) is 0 Å². The Balaban J connectivity index is 3.04. The Morgan fingerprint density at radius 1 is 1.23 bits per heavy atom. The SMILES string of the molecule is CC(C)CC(C)(C(=O)Nc1cccc(B(O)O)c1)C(C)(C)C. The molecule has 22 heavy (non-hydrogen) atoms. The Morgan fingerprint density at radius 3 is 2.27 bits per heavy atom. The summed E-state index contributed by atoms with van der Waals surface area (Å²) in [6.07, 6.45) is 0.782. The molecule has 122 valence electrons. The number of hydrogen-bond donors (Lipinski definition) is 3. The Morgan fingerprint density at radius 2 is 1.82 bits per heavy atom. The lowest BCUT2D eigenvalue weighted by molar-refractivity contribution is -0.131. The van der Waals surface area contributed by atoms with Crippen LogP contribution in [0.4, 0.5) is 5.69 Å². The van der Waals surface area contributed by atoms with Gasteiger partial charge in [0.1, 0.15) is 0 Å². The van der Waals surface area contributed by atoms with Crippen LogP contribution in [0.3, 0.4) is 0 Å². The second-order valence-corrected chi connectivity index (χ2v) is 7.63. The van der Waals surface area contributed by atoms with Crippen LogP contribution in [0.2, 0.25) is 0 Å². The number of hydrogen-bond acceptors (Lipinski definition) is 3. The summed E-state index contributed by atoms with van der Waals surface area (Å²) in [7, 11) is -1.54. The molecule has 0 fully saturated rings. The van der Waals surface area contributed by atoms with E-state index in [2.05, 4.69) is 39.9 Å². The van der Waals surface area contributed by atoms with Crippen LogP contribution in [0.15, 0.2) is 24.3 Å². The fourth-order valence-corrected chi connectivity index (χ4v) is 2.60. The molecule has 3 N–H and O–H groups in total. The summed E-state index contributed by atoms with van der Waals surface area (Å²) in [5.74, 6) is 0.360. The highest BCUT2D eigenvalue weighted by Gasteiger charge is 2.44. The van der Waals surface area contributed by atoms with Gasteiger partial charge in [-0.3, -0.25) is 4.79 Å². The number of amides is 1. The number of carbonyl (C=O) groups is 1. The molecular weight excluding hydrogens is 277 g/mol. The van der Waals surface area contributed by atoms with Crippen molar-refractivity contribution in [1.82, 2.24) is 0 Å². The van der Waals surface area contributed by atoms with E-state index in [0.717, 1.165) is 6.42 Å². The molecule has 0 heterocycles. The zero-order chi connectivity index (χ0) is 17.1. The first-order chi connectivity index (χ1) is 9.97. The highest BCUT2D eigenvalue weighted by molar-refractivity contribution is 6.58. The van der Waals surface area contributed by atoms with Gasteiger partial charge in [0, 0.05) is 5.69 Å². The first-order valence-electron chi connectivity index (χ1n) is 7.75. The van der Waals surface area contributed by atoms with E-state index in [9.17, 15) is 14.8 Å². The van der Waals surface area contributed by atoms with E-state index < -0.39 is 12.5 Å². The molecule has 4 nitrogen and oxygen atoms in total. The van der Waals surface area contributed by atoms with Crippen molar-refractivity contribution < 1.29 is 14.8 Å². The molecular formula is C17H28BNO3. The molecule has 0 aliphatic heterocycles. The molecule has 0 aliphatic rings. The standard InChI is InChI=1S/C17H28BNO3/c1-12(2)11-17(6,16(3,4)5)15(20)19-14-9-7-8-13(10-14)18(21)22/h7-10,12,21-22H,11H2,1-6H3,(H,19,20). The van der Waals surface area contributed by atoms with E-state index in [1.54, 1.807) is 24.3 Å². The van der Waals surface area contributed by atoms with Crippen LogP contribution >= 0.6 is 0 Å². The Hall–Kier alpha value is -1.33. The van der Waals surface area contributed by atoms with Gasteiger partial charge in [0.05, 0.1) is 5.41 Å². The molecule has 0 aliphatic carbocycles. The Bertz CT molecular complexity index is 523. The monoisotopic (exact) mass is 305 g/mol. The zero-order valence-corrected chi connectivity index (χ0v) is 14.5. The van der Waals surface area contributed by atoms with E-state index in [1.165, 1.54) is 0 Å². The molecule has 0 saturated carbocycles. The summed E-state index contributed by atoms with van der Waals surface area (Å²) in [5.41, 5.74) is 0.235. The Labute approximate surface area is 134 Å². The maximum atomic E-state index is 12.9. The van der Waals surface area contributed by atoms with E-state index in [1.807, 2.05) is 6.92 Å². The van der Waals surface area contributed by atoms with Gasteiger partial charge < -0.3 is 15.4 Å². The van der Waals surface area contributed by atoms with Crippen molar-refractivity contribution in [3.63, 3.8) is 0 Å². The molecule has 1 aromatic rings. The van der Waals surface area contributed by atoms with Gasteiger partial charge in [-0.05, 0) is 35.3 Å². The lowest BCUT2D eigenvalue weighted by atomic mass is 9.63. The molecule has 0 aromatic heterocycles. The summed E-state index contributed by atoms with van der Waals surface area (Å²) in [5, 5.41) is 21.4. The van der Waals surface area contributed by atoms with Crippen LogP contribution in [-0.2, 0) is 4.79 Å². The summed E-state index contributed by atoms with van der Waals surface area (Å²) in [4.78, 5) is 12.9. The lowest BCUT2D eigenvalue weighted by Crippen LogP contribution is -2.45. The van der Waals surface area contributed by atoms with Gasteiger partial charge in [-0.15, -0.1) is 0 Å². The van der Waals surface area contributed by atoms with Crippen LogP contribution in [0.25, 0.3) is 0 Å². The third kappa shape index (κ3) is 4.34. The first kappa shape index (κ1) is 18.7. The number of carbonyl (C=O) groups excluding carboxylic acids is 1. The number of rotatable bonds is 5. The van der Waals surface area contributed by atoms with Crippen LogP contribution in [0.1, 0.15) is 48.0 Å². The minimum atomic E-state index is -1.54. The molecule has 0 bridgehead atoms. The van der Waals surface area contributed by atoms with E-state index in [-0.39, 0.29) is 11.3 Å². The highest BCUT2D eigenvalue weighted by atomic mass is 16.4. The number of benzene rings is 1. The first-order valence-corrected chi connectivity index (χ1v) is 7.75. The quantitative estimate of drug-likeness (QED) is 0.732. The molecule has 0 saturated heterocycles. The molecule has 1 aromatic carbocycles. The van der Waals surface area contributed by atoms with Crippen molar-refractivity contribution in [1.29, 1.82) is 0 Å². The van der Waals surface area contributed by atoms with Gasteiger partial charge in [-0.25, -0.2) is 0 Å². The van der Waals surface area contributed by atoms with Crippen molar-refractivity contribution in [3.05, 3.63) is 24.3 Å². The normalized spacial score (nSPS) is 14.6. The summed E-state index contributed by atoms with van der Waals surface area (Å²) in [6, 6.07) is 6.64. The van der Waals surface area contributed by atoms with Crippen LogP contribution < -0.4 is 10.8 Å². The van der Waals surface area contributed by atoms with Crippen LogP contribution in [0.5, 0.6) is 0 Å². The van der Waals surface area contributed by atoms with Crippen molar-refractivity contribution in [2.45, 2.75) is 48.0 Å². The number of nitrogens with one attached hydrogen (secondary N) is 1. The van der Waals surface area contributed by atoms with Crippen molar-refractivity contribution >= 4 is 24.2 Å². The average Bonchev–Trinajstić information content (AvgIpc) is 2.36. The van der Waals surface area contributed by atoms with E-state index in [0.29, 0.717) is 17.1 Å². The smallest absolute Gasteiger partial charge is 0.423 e. The van der Waals surface area contributed by atoms with Gasteiger partial charge >= 0.3 is 7.12 Å². The van der Waals surface area contributed by atoms with E-state index >= 15 is 0 Å². The van der Waals surface area contributed by atoms with Gasteiger partial charge in [-0.2, -0.15) is 0 Å². The van der Waals surface area contributed by atoms with Crippen molar-refractivity contribution in [2.24, 2.45) is 16.7 Å². The van der Waals surface area contributed by atoms with Gasteiger partial charge in [0.2, 0.25) is 5.91 Å². The maximum Gasteiger partial charge on any atom is 0.488 e. The molecule has 5 heteroatoms. The number of anilines is 1. The minimum Gasteiger partial charge on any atom is -0.423 e. The molecule has 1 unspecified atom stereocenters. The second-order valence-electron chi connectivity index (χ2n) is 7.63. The summed E-state index contributed by atoms with van der Waals surface area (Å²) in [6.45, 7) is 12.4. The molecule has 1 rings (SSSR count). The molecule has 0 radical (unpaired) electrons. The van der Waals surface area contributed by atoms with Gasteiger partial charge in [0.15, 0.2) is 0 Å². The summed E-state index contributed by atoms with van der Waals surface area (Å²) >= 11 is 0. The predicted molar refractivity (Wildman–Crippen MR) is 91.9 cm³/mol. The summed E-state index contributed by atoms with van der Waals surface area (Å²) < 4.78 is 0. The van der Waals surface area contributed by atoms with Gasteiger partial charge in [-0.1, -0.05) is 53.7 Å². The molecule has 1 atom stereocenters. The fraction of sp³-hybridized carbons (Fsp3) is 0.588. The molecule has 0 spiro atoms. The zero-order valence-electron chi connectivity index (χ0n) is 14.5. The fourth-order valence-electron chi connectivity index (χ4n) is 2.60. The largest absolute Gasteiger partial charge is 0.488 e. The third-order valence-electron chi connectivity index (χ3n) is 4.42. The van der Waals surface area contributed by atoms with Crippen molar-refractivity contribution in [2.75, 3.05) is 5.32 Å². The topological polar surface area (TPSA) is 69.6 Å². The van der Waals surface area contributed by atoms with E-state index in [4.69, 9.17) is 0 Å². The lowest BCUT2D eigenvalue weighted by Gasteiger charge is -2.41.